The maximum Gasteiger partial charge on any atom is 0.163 e. The van der Waals surface area contributed by atoms with E-state index in [0.717, 1.165) is 18.1 Å². The number of hydrogen-bond donors (Lipinski definition) is 1. The van der Waals surface area contributed by atoms with Gasteiger partial charge in [0, 0.05) is 18.2 Å². The third kappa shape index (κ3) is 3.13. The van der Waals surface area contributed by atoms with Crippen molar-refractivity contribution in [3.05, 3.63) is 23.2 Å². The van der Waals surface area contributed by atoms with E-state index in [-0.39, 0.29) is 12.1 Å². The third-order valence-corrected chi connectivity index (χ3v) is 3.26. The first-order valence-corrected chi connectivity index (χ1v) is 6.49. The molecule has 1 aromatic rings. The molecular formula is C14H23NO3. The predicted molar refractivity (Wildman–Crippen MR) is 69.5 cm³/mol. The van der Waals surface area contributed by atoms with Gasteiger partial charge in [-0.25, -0.2) is 0 Å². The lowest BCUT2D eigenvalue weighted by molar-refractivity contribution is -0.137. The lowest BCUT2D eigenvalue weighted by Gasteiger charge is -2.19. The first-order chi connectivity index (χ1) is 8.37. The maximum absolute atomic E-state index is 5.76. The summed E-state index contributed by atoms with van der Waals surface area (Å²) >= 11 is 0. The highest BCUT2D eigenvalue weighted by molar-refractivity contribution is 5.23. The summed E-state index contributed by atoms with van der Waals surface area (Å²) < 4.78 is 16.8. The molecule has 2 unspecified atom stereocenters. The summed E-state index contributed by atoms with van der Waals surface area (Å²) in [6, 6.07) is 2.35. The molecule has 0 amide bonds. The molecule has 1 saturated heterocycles. The maximum atomic E-state index is 5.76. The van der Waals surface area contributed by atoms with Gasteiger partial charge in [-0.15, -0.1) is 0 Å². The molecule has 0 radical (unpaired) electrons. The first kappa shape index (κ1) is 13.6. The van der Waals surface area contributed by atoms with Crippen LogP contribution < -0.4 is 5.32 Å². The van der Waals surface area contributed by atoms with E-state index >= 15 is 0 Å². The molecule has 1 aromatic heterocycles. The normalized spacial score (nSPS) is 24.4. The Morgan fingerprint density at radius 2 is 2.17 bits per heavy atom. The summed E-state index contributed by atoms with van der Waals surface area (Å²) in [6.45, 7) is 11.4. The summed E-state index contributed by atoms with van der Waals surface area (Å²) in [4.78, 5) is 0. The Labute approximate surface area is 109 Å². The molecule has 18 heavy (non-hydrogen) atoms. The number of furan rings is 1. The molecule has 0 aliphatic carbocycles. The van der Waals surface area contributed by atoms with E-state index in [1.807, 2.05) is 27.7 Å². The fourth-order valence-corrected chi connectivity index (χ4v) is 2.36. The van der Waals surface area contributed by atoms with Crippen LogP contribution >= 0.6 is 0 Å². The van der Waals surface area contributed by atoms with E-state index in [4.69, 9.17) is 13.9 Å². The van der Waals surface area contributed by atoms with Gasteiger partial charge in [-0.05, 0) is 40.7 Å². The Morgan fingerprint density at radius 1 is 1.44 bits per heavy atom. The Balaban J connectivity index is 1.86. The van der Waals surface area contributed by atoms with Gasteiger partial charge >= 0.3 is 0 Å². The van der Waals surface area contributed by atoms with Crippen molar-refractivity contribution in [2.45, 2.75) is 52.6 Å². The fraction of sp³-hybridized carbons (Fsp3) is 0.714. The second-order valence-corrected chi connectivity index (χ2v) is 5.45. The van der Waals surface area contributed by atoms with Crippen molar-refractivity contribution >= 4 is 0 Å². The van der Waals surface area contributed by atoms with Crippen molar-refractivity contribution in [2.24, 2.45) is 0 Å². The quantitative estimate of drug-likeness (QED) is 0.896. The van der Waals surface area contributed by atoms with Crippen molar-refractivity contribution in [2.75, 3.05) is 13.2 Å². The molecule has 2 heterocycles. The lowest BCUT2D eigenvalue weighted by Crippen LogP contribution is -2.32. The van der Waals surface area contributed by atoms with E-state index in [9.17, 15) is 0 Å². The van der Waals surface area contributed by atoms with E-state index < -0.39 is 5.79 Å². The minimum atomic E-state index is -0.447. The molecule has 1 N–H and O–H groups in total. The van der Waals surface area contributed by atoms with Gasteiger partial charge in [0.25, 0.3) is 0 Å². The third-order valence-electron chi connectivity index (χ3n) is 3.26. The fourth-order valence-electron chi connectivity index (χ4n) is 2.36. The highest BCUT2D eigenvalue weighted by Gasteiger charge is 2.32. The van der Waals surface area contributed by atoms with Gasteiger partial charge in [-0.3, -0.25) is 0 Å². The second kappa shape index (κ2) is 5.03. The molecule has 0 bridgehead atoms. The minimum Gasteiger partial charge on any atom is -0.466 e. The van der Waals surface area contributed by atoms with Crippen LogP contribution in [0.15, 0.2) is 10.5 Å². The molecule has 4 heteroatoms. The van der Waals surface area contributed by atoms with Crippen LogP contribution in [0.4, 0.5) is 0 Å². The number of ether oxygens (including phenoxy) is 2. The van der Waals surface area contributed by atoms with Crippen LogP contribution in [0.3, 0.4) is 0 Å². The van der Waals surface area contributed by atoms with Crippen LogP contribution in [0.1, 0.15) is 43.9 Å². The first-order valence-electron chi connectivity index (χ1n) is 6.49. The highest BCUT2D eigenvalue weighted by Crippen LogP contribution is 2.24. The molecule has 4 nitrogen and oxygen atoms in total. The highest BCUT2D eigenvalue weighted by atomic mass is 16.7. The predicted octanol–water partition coefficient (Wildman–Crippen LogP) is 2.70. The Morgan fingerprint density at radius 3 is 2.67 bits per heavy atom. The summed E-state index contributed by atoms with van der Waals surface area (Å²) in [5.41, 5.74) is 1.21. The van der Waals surface area contributed by atoms with Gasteiger partial charge in [0.05, 0.1) is 12.7 Å². The van der Waals surface area contributed by atoms with Gasteiger partial charge < -0.3 is 19.2 Å². The van der Waals surface area contributed by atoms with E-state index in [0.29, 0.717) is 6.61 Å². The molecule has 0 aromatic carbocycles. The molecule has 0 saturated carbocycles. The van der Waals surface area contributed by atoms with E-state index in [1.54, 1.807) is 0 Å². The number of aryl methyl sites for hydroxylation is 2. The molecule has 2 atom stereocenters. The lowest BCUT2D eigenvalue weighted by atomic mass is 10.1. The van der Waals surface area contributed by atoms with Crippen molar-refractivity contribution in [3.63, 3.8) is 0 Å². The Bertz CT molecular complexity index is 411. The van der Waals surface area contributed by atoms with Gasteiger partial charge in [0.15, 0.2) is 5.79 Å². The Hall–Kier alpha value is -0.840. The average Bonchev–Trinajstić information content (AvgIpc) is 2.78. The standard InChI is InChI=1S/C14H23NO3/c1-9-6-13(11(3)17-9)10(2)15-7-12-8-16-14(4,5)18-12/h6,10,12,15H,7-8H2,1-5H3. The van der Waals surface area contributed by atoms with Crippen LogP contribution in [0, 0.1) is 13.8 Å². The SMILES string of the molecule is Cc1cc(C(C)NCC2COC(C)(C)O2)c(C)o1. The summed E-state index contributed by atoms with van der Waals surface area (Å²) in [5, 5.41) is 3.47. The van der Waals surface area contributed by atoms with Gasteiger partial charge in [-0.1, -0.05) is 0 Å². The van der Waals surface area contributed by atoms with Crippen LogP contribution in [0.5, 0.6) is 0 Å². The second-order valence-electron chi connectivity index (χ2n) is 5.45. The minimum absolute atomic E-state index is 0.121. The topological polar surface area (TPSA) is 43.6 Å². The van der Waals surface area contributed by atoms with Gasteiger partial charge in [0.1, 0.15) is 11.5 Å². The molecule has 2 rings (SSSR count). The molecular weight excluding hydrogens is 230 g/mol. The Kier molecular flexibility index (Phi) is 3.80. The van der Waals surface area contributed by atoms with Crippen molar-refractivity contribution in [3.8, 4) is 0 Å². The zero-order valence-corrected chi connectivity index (χ0v) is 11.9. The zero-order valence-electron chi connectivity index (χ0n) is 11.9. The van der Waals surface area contributed by atoms with Crippen molar-refractivity contribution < 1.29 is 13.9 Å². The summed E-state index contributed by atoms with van der Waals surface area (Å²) in [5.74, 6) is 1.49. The van der Waals surface area contributed by atoms with Crippen LogP contribution in [-0.2, 0) is 9.47 Å². The van der Waals surface area contributed by atoms with Crippen LogP contribution in [0.2, 0.25) is 0 Å². The molecule has 1 fully saturated rings. The van der Waals surface area contributed by atoms with E-state index in [1.165, 1.54) is 5.56 Å². The average molecular weight is 253 g/mol. The molecule has 1 aliphatic rings. The summed E-state index contributed by atoms with van der Waals surface area (Å²) in [7, 11) is 0. The van der Waals surface area contributed by atoms with Crippen molar-refractivity contribution in [1.29, 1.82) is 0 Å². The number of hydrogen-bond acceptors (Lipinski definition) is 4. The summed E-state index contributed by atoms with van der Waals surface area (Å²) in [6.07, 6.45) is 0.121. The molecule has 0 spiro atoms. The van der Waals surface area contributed by atoms with Crippen LogP contribution in [-0.4, -0.2) is 25.0 Å². The van der Waals surface area contributed by atoms with E-state index in [2.05, 4.69) is 18.3 Å². The number of rotatable bonds is 4. The molecule has 102 valence electrons. The zero-order chi connectivity index (χ0) is 13.3. The van der Waals surface area contributed by atoms with Crippen LogP contribution in [0.25, 0.3) is 0 Å². The van der Waals surface area contributed by atoms with Gasteiger partial charge in [-0.2, -0.15) is 0 Å². The number of nitrogens with one attached hydrogen (secondary N) is 1. The smallest absolute Gasteiger partial charge is 0.163 e. The monoisotopic (exact) mass is 253 g/mol. The largest absolute Gasteiger partial charge is 0.466 e. The van der Waals surface area contributed by atoms with Crippen molar-refractivity contribution in [1.82, 2.24) is 5.32 Å². The molecule has 1 aliphatic heterocycles. The van der Waals surface area contributed by atoms with Gasteiger partial charge in [0.2, 0.25) is 0 Å².